The number of nitrogens with zero attached hydrogens (tertiary/aromatic N) is 1. The molecule has 0 radical (unpaired) electrons. The molecular weight excluding hydrogens is 232 g/mol. The molecule has 4 nitrogen and oxygen atoms in total. The highest BCUT2D eigenvalue weighted by Gasteiger charge is 2.14. The fraction of sp³-hybridized carbons (Fsp3) is 0.667. The molecule has 1 aromatic heterocycles. The molecule has 0 amide bonds. The zero-order chi connectivity index (χ0) is 11.5. The van der Waals surface area contributed by atoms with Crippen LogP contribution in [0.1, 0.15) is 29.4 Å². The molecule has 15 heavy (non-hydrogen) atoms. The van der Waals surface area contributed by atoms with E-state index in [1.807, 2.05) is 6.92 Å². The van der Waals surface area contributed by atoms with E-state index in [0.717, 1.165) is 17.0 Å². The summed E-state index contributed by atoms with van der Waals surface area (Å²) in [5.41, 5.74) is 6.49. The summed E-state index contributed by atoms with van der Waals surface area (Å²) in [5, 5.41) is 0.661. The summed E-state index contributed by atoms with van der Waals surface area (Å²) >= 11 is 1.41. The minimum Gasteiger partial charge on any atom is -0.326 e. The molecule has 0 unspecified atom stereocenters. The Labute approximate surface area is 94.4 Å². The Kier molecular flexibility index (Phi) is 4.24. The van der Waals surface area contributed by atoms with Gasteiger partial charge in [0.2, 0.25) is 0 Å². The summed E-state index contributed by atoms with van der Waals surface area (Å²) in [6.45, 7) is 4.08. The molecule has 2 N–H and O–H groups in total. The van der Waals surface area contributed by atoms with Gasteiger partial charge in [0.15, 0.2) is 9.84 Å². The molecule has 0 aliphatic carbocycles. The van der Waals surface area contributed by atoms with Gasteiger partial charge in [0.05, 0.1) is 5.69 Å². The lowest BCUT2D eigenvalue weighted by Crippen LogP contribution is -2.06. The van der Waals surface area contributed by atoms with Crippen LogP contribution in [-0.4, -0.2) is 19.2 Å². The number of hydrogen-bond donors (Lipinski definition) is 1. The fourth-order valence-corrected chi connectivity index (χ4v) is 3.48. The second-order valence-electron chi connectivity index (χ2n) is 3.21. The first kappa shape index (κ1) is 12.6. The Morgan fingerprint density at radius 1 is 1.40 bits per heavy atom. The van der Waals surface area contributed by atoms with Crippen LogP contribution >= 0.6 is 11.3 Å². The maximum Gasteiger partial charge on any atom is 0.156 e. The lowest BCUT2D eigenvalue weighted by Gasteiger charge is -1.95. The molecule has 1 heterocycles. The van der Waals surface area contributed by atoms with E-state index in [4.69, 9.17) is 5.73 Å². The van der Waals surface area contributed by atoms with Crippen LogP contribution in [0.25, 0.3) is 0 Å². The van der Waals surface area contributed by atoms with Gasteiger partial charge in [-0.05, 0) is 6.42 Å². The molecule has 0 fully saturated rings. The van der Waals surface area contributed by atoms with Crippen molar-refractivity contribution < 1.29 is 8.42 Å². The second kappa shape index (κ2) is 5.05. The summed E-state index contributed by atoms with van der Waals surface area (Å²) in [4.78, 5) is 5.29. The van der Waals surface area contributed by atoms with Gasteiger partial charge in [-0.3, -0.25) is 0 Å². The van der Waals surface area contributed by atoms with Gasteiger partial charge in [0, 0.05) is 17.2 Å². The van der Waals surface area contributed by atoms with Crippen LogP contribution < -0.4 is 5.73 Å². The highest BCUT2D eigenvalue weighted by molar-refractivity contribution is 7.90. The summed E-state index contributed by atoms with van der Waals surface area (Å²) in [7, 11) is -2.99. The summed E-state index contributed by atoms with van der Waals surface area (Å²) < 4.78 is 22.8. The standard InChI is InChI=1S/C9H16N2O2S2/c1-3-7-8(5-10)14-9(11-7)6-15(12,13)4-2/h3-6,10H2,1-2H3. The number of aryl methyl sites for hydroxylation is 1. The van der Waals surface area contributed by atoms with Crippen molar-refractivity contribution in [3.8, 4) is 0 Å². The number of nitrogens with two attached hydrogens (primary N) is 1. The van der Waals surface area contributed by atoms with Gasteiger partial charge in [-0.2, -0.15) is 0 Å². The molecular formula is C9H16N2O2S2. The molecule has 0 aliphatic heterocycles. The van der Waals surface area contributed by atoms with E-state index in [9.17, 15) is 8.42 Å². The molecule has 0 atom stereocenters. The monoisotopic (exact) mass is 248 g/mol. The lowest BCUT2D eigenvalue weighted by molar-refractivity contribution is 0.596. The summed E-state index contributed by atoms with van der Waals surface area (Å²) in [5.74, 6) is 0.202. The molecule has 0 spiro atoms. The minimum atomic E-state index is -2.99. The van der Waals surface area contributed by atoms with Crippen LogP contribution in [0, 0.1) is 0 Å². The quantitative estimate of drug-likeness (QED) is 0.847. The normalized spacial score (nSPS) is 11.9. The van der Waals surface area contributed by atoms with Crippen molar-refractivity contribution >= 4 is 21.2 Å². The smallest absolute Gasteiger partial charge is 0.156 e. The van der Waals surface area contributed by atoms with Crippen LogP contribution in [-0.2, 0) is 28.6 Å². The molecule has 0 saturated carbocycles. The largest absolute Gasteiger partial charge is 0.326 e. The SMILES string of the molecule is CCc1nc(CS(=O)(=O)CC)sc1CN. The van der Waals surface area contributed by atoms with Gasteiger partial charge in [-0.1, -0.05) is 13.8 Å². The number of hydrogen-bond acceptors (Lipinski definition) is 5. The van der Waals surface area contributed by atoms with E-state index in [-0.39, 0.29) is 11.5 Å². The van der Waals surface area contributed by atoms with Crippen LogP contribution in [0.2, 0.25) is 0 Å². The predicted octanol–water partition coefficient (Wildman–Crippen LogP) is 1.10. The molecule has 6 heteroatoms. The van der Waals surface area contributed by atoms with Gasteiger partial charge < -0.3 is 5.73 Å². The Morgan fingerprint density at radius 3 is 2.47 bits per heavy atom. The van der Waals surface area contributed by atoms with E-state index in [1.165, 1.54) is 11.3 Å². The second-order valence-corrected chi connectivity index (χ2v) is 6.73. The molecule has 0 aliphatic rings. The molecule has 0 aromatic carbocycles. The van der Waals surface area contributed by atoms with Crippen LogP contribution in [0.3, 0.4) is 0 Å². The van der Waals surface area contributed by atoms with E-state index in [1.54, 1.807) is 6.92 Å². The summed E-state index contributed by atoms with van der Waals surface area (Å²) in [6, 6.07) is 0. The highest BCUT2D eigenvalue weighted by Crippen LogP contribution is 2.20. The maximum absolute atomic E-state index is 11.4. The molecule has 0 saturated heterocycles. The number of sulfone groups is 1. The maximum atomic E-state index is 11.4. The number of rotatable bonds is 5. The third-order valence-electron chi connectivity index (χ3n) is 2.13. The van der Waals surface area contributed by atoms with Crippen LogP contribution in [0.15, 0.2) is 0 Å². The first-order valence-electron chi connectivity index (χ1n) is 4.90. The van der Waals surface area contributed by atoms with E-state index in [2.05, 4.69) is 4.98 Å². The Morgan fingerprint density at radius 2 is 2.07 bits per heavy atom. The van der Waals surface area contributed by atoms with Crippen molar-refractivity contribution in [3.63, 3.8) is 0 Å². The highest BCUT2D eigenvalue weighted by atomic mass is 32.2. The Balaban J connectivity index is 2.93. The fourth-order valence-electron chi connectivity index (χ4n) is 1.22. The first-order chi connectivity index (χ1) is 7.02. The topological polar surface area (TPSA) is 73.0 Å². The zero-order valence-corrected chi connectivity index (χ0v) is 10.6. The van der Waals surface area contributed by atoms with E-state index >= 15 is 0 Å². The molecule has 1 aromatic rings. The lowest BCUT2D eigenvalue weighted by atomic mass is 10.3. The number of aromatic nitrogens is 1. The zero-order valence-electron chi connectivity index (χ0n) is 8.99. The van der Waals surface area contributed by atoms with E-state index in [0.29, 0.717) is 11.6 Å². The molecule has 0 bridgehead atoms. The van der Waals surface area contributed by atoms with Crippen LogP contribution in [0.4, 0.5) is 0 Å². The minimum absolute atomic E-state index is 0.0428. The third-order valence-corrected chi connectivity index (χ3v) is 5.02. The van der Waals surface area contributed by atoms with Gasteiger partial charge in [0.25, 0.3) is 0 Å². The van der Waals surface area contributed by atoms with Crippen LogP contribution in [0.5, 0.6) is 0 Å². The van der Waals surface area contributed by atoms with Crippen molar-refractivity contribution in [1.29, 1.82) is 0 Å². The summed E-state index contributed by atoms with van der Waals surface area (Å²) in [6.07, 6.45) is 0.801. The Bertz CT molecular complexity index is 402. The van der Waals surface area contributed by atoms with Crippen molar-refractivity contribution in [2.75, 3.05) is 5.75 Å². The van der Waals surface area contributed by atoms with Crippen molar-refractivity contribution in [2.24, 2.45) is 5.73 Å². The average molecular weight is 248 g/mol. The predicted molar refractivity (Wildman–Crippen MR) is 62.5 cm³/mol. The van der Waals surface area contributed by atoms with Gasteiger partial charge in [-0.25, -0.2) is 13.4 Å². The number of thiazole rings is 1. The van der Waals surface area contributed by atoms with Gasteiger partial charge in [-0.15, -0.1) is 11.3 Å². The van der Waals surface area contributed by atoms with Gasteiger partial charge >= 0.3 is 0 Å². The molecule has 86 valence electrons. The average Bonchev–Trinajstić information content (AvgIpc) is 2.59. The third kappa shape index (κ3) is 3.25. The molecule has 1 rings (SSSR count). The van der Waals surface area contributed by atoms with Crippen molar-refractivity contribution in [1.82, 2.24) is 4.98 Å². The van der Waals surface area contributed by atoms with Crippen molar-refractivity contribution in [3.05, 3.63) is 15.6 Å². The first-order valence-corrected chi connectivity index (χ1v) is 7.54. The van der Waals surface area contributed by atoms with Crippen molar-refractivity contribution in [2.45, 2.75) is 32.6 Å². The Hall–Kier alpha value is -0.460. The van der Waals surface area contributed by atoms with Gasteiger partial charge in [0.1, 0.15) is 10.8 Å². The van der Waals surface area contributed by atoms with E-state index < -0.39 is 9.84 Å².